The largest absolute Gasteiger partial charge is 0.350 e. The Balaban J connectivity index is 2.55. The van der Waals surface area contributed by atoms with Crippen molar-refractivity contribution in [2.45, 2.75) is 25.7 Å². The van der Waals surface area contributed by atoms with Crippen molar-refractivity contribution >= 4 is 11.8 Å². The minimum absolute atomic E-state index is 0.0958. The number of hydrogen-bond acceptors (Lipinski definition) is 4. The van der Waals surface area contributed by atoms with Crippen LogP contribution in [0, 0.1) is 17.4 Å². The molecule has 64 valence electrons. The Morgan fingerprint density at radius 1 is 1.58 bits per heavy atom. The second-order valence-corrected chi connectivity index (χ2v) is 2.78. The van der Waals surface area contributed by atoms with Gasteiger partial charge in [0, 0.05) is 6.42 Å². The standard InChI is InChI=1S/C8H9NO3/c9-5-12-8(11)6-3-1-2-4-7(6)10/h6H,1-4H2. The molecule has 1 saturated carbocycles. The number of Topliss-reactive ketones (excluding diaryl/α,β-unsaturated/α-hetero) is 1. The van der Waals surface area contributed by atoms with Gasteiger partial charge >= 0.3 is 5.97 Å². The van der Waals surface area contributed by atoms with E-state index in [1.54, 1.807) is 0 Å². The molecule has 0 bridgehead atoms. The number of nitrogens with zero attached hydrogens (tertiary/aromatic N) is 1. The molecule has 0 spiro atoms. The van der Waals surface area contributed by atoms with Crippen LogP contribution in [0.5, 0.6) is 0 Å². The van der Waals surface area contributed by atoms with Crippen molar-refractivity contribution in [3.63, 3.8) is 0 Å². The lowest BCUT2D eigenvalue weighted by Crippen LogP contribution is -2.27. The van der Waals surface area contributed by atoms with Gasteiger partial charge in [-0.2, -0.15) is 0 Å². The van der Waals surface area contributed by atoms with E-state index in [1.807, 2.05) is 0 Å². The zero-order valence-corrected chi connectivity index (χ0v) is 6.58. The Kier molecular flexibility index (Phi) is 2.81. The van der Waals surface area contributed by atoms with E-state index in [0.717, 1.165) is 12.8 Å². The lowest BCUT2D eigenvalue weighted by Gasteiger charge is -2.16. The van der Waals surface area contributed by atoms with Gasteiger partial charge in [0.25, 0.3) is 6.26 Å². The van der Waals surface area contributed by atoms with Crippen LogP contribution in [0.25, 0.3) is 0 Å². The molecule has 0 radical (unpaired) electrons. The molecule has 1 aliphatic rings. The normalized spacial score (nSPS) is 22.9. The summed E-state index contributed by atoms with van der Waals surface area (Å²) in [6, 6.07) is 0. The van der Waals surface area contributed by atoms with Gasteiger partial charge in [-0.25, -0.2) is 0 Å². The first kappa shape index (κ1) is 8.72. The van der Waals surface area contributed by atoms with Crippen molar-refractivity contribution in [3.8, 4) is 6.26 Å². The van der Waals surface area contributed by atoms with E-state index in [-0.39, 0.29) is 5.78 Å². The Labute approximate surface area is 70.1 Å². The number of carbonyl (C=O) groups excluding carboxylic acids is 2. The molecule has 1 aliphatic carbocycles. The summed E-state index contributed by atoms with van der Waals surface area (Å²) in [4.78, 5) is 22.0. The minimum atomic E-state index is -0.692. The summed E-state index contributed by atoms with van der Waals surface area (Å²) in [5.74, 6) is -1.47. The molecule has 0 aromatic rings. The van der Waals surface area contributed by atoms with Crippen LogP contribution in [0.1, 0.15) is 25.7 Å². The molecule has 0 amide bonds. The van der Waals surface area contributed by atoms with Crippen molar-refractivity contribution < 1.29 is 14.3 Å². The van der Waals surface area contributed by atoms with Gasteiger partial charge in [-0.3, -0.25) is 9.59 Å². The summed E-state index contributed by atoms with van der Waals surface area (Å²) in [5.41, 5.74) is 0. The molecule has 12 heavy (non-hydrogen) atoms. The molecular weight excluding hydrogens is 158 g/mol. The van der Waals surface area contributed by atoms with Crippen LogP contribution < -0.4 is 0 Å². The Morgan fingerprint density at radius 3 is 2.92 bits per heavy atom. The van der Waals surface area contributed by atoms with E-state index >= 15 is 0 Å². The van der Waals surface area contributed by atoms with E-state index < -0.39 is 11.9 Å². The highest BCUT2D eigenvalue weighted by atomic mass is 16.5. The monoisotopic (exact) mass is 167 g/mol. The van der Waals surface area contributed by atoms with E-state index in [9.17, 15) is 9.59 Å². The summed E-state index contributed by atoms with van der Waals surface area (Å²) in [5, 5.41) is 8.05. The summed E-state index contributed by atoms with van der Waals surface area (Å²) in [6.45, 7) is 0. The second kappa shape index (κ2) is 3.86. The zero-order valence-electron chi connectivity index (χ0n) is 6.58. The summed E-state index contributed by atoms with van der Waals surface area (Å²) in [6.07, 6.45) is 3.95. The lowest BCUT2D eigenvalue weighted by atomic mass is 9.88. The molecule has 1 rings (SSSR count). The van der Waals surface area contributed by atoms with Crippen LogP contribution in [0.2, 0.25) is 0 Å². The lowest BCUT2D eigenvalue weighted by molar-refractivity contribution is -0.147. The van der Waals surface area contributed by atoms with Crippen LogP contribution >= 0.6 is 0 Å². The van der Waals surface area contributed by atoms with E-state index in [2.05, 4.69) is 4.74 Å². The molecule has 0 saturated heterocycles. The first-order valence-electron chi connectivity index (χ1n) is 3.88. The molecule has 0 N–H and O–H groups in total. The van der Waals surface area contributed by atoms with Gasteiger partial charge in [0.15, 0.2) is 0 Å². The van der Waals surface area contributed by atoms with E-state index in [1.165, 1.54) is 6.26 Å². The van der Waals surface area contributed by atoms with Gasteiger partial charge in [-0.05, 0) is 12.8 Å². The van der Waals surface area contributed by atoms with Gasteiger partial charge in [-0.1, -0.05) is 6.42 Å². The second-order valence-electron chi connectivity index (χ2n) is 2.78. The molecule has 1 fully saturated rings. The van der Waals surface area contributed by atoms with Crippen molar-refractivity contribution in [2.75, 3.05) is 0 Å². The SMILES string of the molecule is N#COC(=O)C1CCCCC1=O. The predicted octanol–water partition coefficient (Wildman–Crippen LogP) is 0.770. The molecule has 1 atom stereocenters. The summed E-state index contributed by atoms with van der Waals surface area (Å²) >= 11 is 0. The number of ketones is 1. The molecule has 0 aliphatic heterocycles. The smallest absolute Gasteiger partial charge is 0.332 e. The molecular formula is C8H9NO3. The maximum Gasteiger partial charge on any atom is 0.332 e. The van der Waals surface area contributed by atoms with Crippen LogP contribution in [0.15, 0.2) is 0 Å². The molecule has 0 aromatic carbocycles. The number of esters is 1. The highest BCUT2D eigenvalue weighted by molar-refractivity contribution is 5.99. The minimum Gasteiger partial charge on any atom is -0.350 e. The third-order valence-corrected chi connectivity index (χ3v) is 1.99. The van der Waals surface area contributed by atoms with Gasteiger partial charge in [-0.15, -0.1) is 5.26 Å². The molecule has 0 aromatic heterocycles. The number of rotatable bonds is 1. The summed E-state index contributed by atoms with van der Waals surface area (Å²) in [7, 11) is 0. The number of nitriles is 1. The van der Waals surface area contributed by atoms with Gasteiger partial charge < -0.3 is 4.74 Å². The fraction of sp³-hybridized carbons (Fsp3) is 0.625. The molecule has 4 nitrogen and oxygen atoms in total. The average molecular weight is 167 g/mol. The van der Waals surface area contributed by atoms with Gasteiger partial charge in [0.05, 0.1) is 0 Å². The number of carbonyl (C=O) groups is 2. The highest BCUT2D eigenvalue weighted by Gasteiger charge is 2.30. The third-order valence-electron chi connectivity index (χ3n) is 1.99. The van der Waals surface area contributed by atoms with E-state index in [0.29, 0.717) is 12.8 Å². The topological polar surface area (TPSA) is 67.2 Å². The Morgan fingerprint density at radius 2 is 2.33 bits per heavy atom. The first-order valence-corrected chi connectivity index (χ1v) is 3.88. The average Bonchev–Trinajstić information content (AvgIpc) is 2.05. The highest BCUT2D eigenvalue weighted by Crippen LogP contribution is 2.21. The van der Waals surface area contributed by atoms with E-state index in [4.69, 9.17) is 5.26 Å². The van der Waals surface area contributed by atoms with Crippen molar-refractivity contribution in [2.24, 2.45) is 5.92 Å². The zero-order chi connectivity index (χ0) is 8.97. The third kappa shape index (κ3) is 1.82. The van der Waals surface area contributed by atoms with Crippen LogP contribution in [0.3, 0.4) is 0 Å². The van der Waals surface area contributed by atoms with Gasteiger partial charge in [0.2, 0.25) is 0 Å². The Hall–Kier alpha value is -1.37. The molecule has 0 heterocycles. The maximum absolute atomic E-state index is 11.1. The molecule has 1 unspecified atom stereocenters. The number of ether oxygens (including phenoxy) is 1. The summed E-state index contributed by atoms with van der Waals surface area (Å²) < 4.78 is 4.10. The molecule has 4 heteroatoms. The predicted molar refractivity (Wildman–Crippen MR) is 38.7 cm³/mol. The van der Waals surface area contributed by atoms with Crippen molar-refractivity contribution in [1.29, 1.82) is 5.26 Å². The fourth-order valence-corrected chi connectivity index (χ4v) is 1.35. The van der Waals surface area contributed by atoms with Gasteiger partial charge in [0.1, 0.15) is 11.7 Å². The maximum atomic E-state index is 11.1. The fourth-order valence-electron chi connectivity index (χ4n) is 1.35. The van der Waals surface area contributed by atoms with Crippen molar-refractivity contribution in [3.05, 3.63) is 0 Å². The first-order chi connectivity index (χ1) is 5.75. The van der Waals surface area contributed by atoms with Crippen molar-refractivity contribution in [1.82, 2.24) is 0 Å². The number of hydrogen-bond donors (Lipinski definition) is 0. The quantitative estimate of drug-likeness (QED) is 0.328. The van der Waals surface area contributed by atoms with Crippen LogP contribution in [-0.4, -0.2) is 11.8 Å². The Bertz CT molecular complexity index is 241. The van der Waals surface area contributed by atoms with Crippen LogP contribution in [-0.2, 0) is 14.3 Å². The van der Waals surface area contributed by atoms with Crippen LogP contribution in [0.4, 0.5) is 0 Å².